The van der Waals surface area contributed by atoms with Gasteiger partial charge in [0.15, 0.2) is 0 Å². The van der Waals surface area contributed by atoms with Gasteiger partial charge in [0.25, 0.3) is 8.32 Å². The largest absolute Gasteiger partial charge is 0.465 e. The minimum absolute atomic E-state index is 0.158. The molecule has 4 nitrogen and oxygen atoms in total. The third-order valence-electron chi connectivity index (χ3n) is 5.23. The second kappa shape index (κ2) is 10.3. The van der Waals surface area contributed by atoms with Crippen LogP contribution in [0.5, 0.6) is 0 Å². The molecule has 0 atom stereocenters. The van der Waals surface area contributed by atoms with E-state index in [0.717, 1.165) is 0 Å². The van der Waals surface area contributed by atoms with E-state index in [1.54, 1.807) is 5.38 Å². The van der Waals surface area contributed by atoms with Gasteiger partial charge in [0.2, 0.25) is 0 Å². The summed E-state index contributed by atoms with van der Waals surface area (Å²) in [6.07, 6.45) is 0. The highest BCUT2D eigenvalue weighted by molar-refractivity contribution is 7.80. The van der Waals surface area contributed by atoms with Crippen molar-refractivity contribution in [3.63, 3.8) is 0 Å². The predicted octanol–water partition coefficient (Wildman–Crippen LogP) is 5.50. The molecule has 2 aromatic carbocycles. The smallest absolute Gasteiger partial charge is 0.342 e. The molecule has 0 aliphatic heterocycles. The summed E-state index contributed by atoms with van der Waals surface area (Å²) in [4.78, 5) is 12.6. The van der Waals surface area contributed by atoms with Gasteiger partial charge in [-0.25, -0.2) is 4.79 Å². The van der Waals surface area contributed by atoms with Crippen molar-refractivity contribution in [1.29, 1.82) is 0 Å². The van der Waals surface area contributed by atoms with Gasteiger partial charge in [-0.3, -0.25) is 0 Å². The normalized spacial score (nSPS) is 11.8. The van der Waals surface area contributed by atoms with Gasteiger partial charge in [-0.1, -0.05) is 105 Å². The monoisotopic (exact) mass is 503 g/mol. The molecule has 0 aliphatic carbocycles. The third-order valence-corrected chi connectivity index (χ3v) is 11.8. The molecule has 1 N–H and O–H groups in total. The van der Waals surface area contributed by atoms with Crippen LogP contribution < -0.4 is 15.7 Å². The molecule has 32 heavy (non-hydrogen) atoms. The molecule has 0 bridgehead atoms. The van der Waals surface area contributed by atoms with Gasteiger partial charge in [-0.05, 0) is 15.4 Å². The summed E-state index contributed by atoms with van der Waals surface area (Å²) in [5, 5.41) is 7.90. The number of thiophene rings is 1. The standard InChI is InChI=1S/C24H26ClNO3S2Si/c1-24(2,3)32(17-11-7-5-8-12-17,18-13-9-6-10-14-18)29-15-20(30)26-22-21(23(27)28-4)19(25)16-31-22/h5-14,16H,15H2,1-4H3,(H,26,30). The van der Waals surface area contributed by atoms with Gasteiger partial charge in [-0.2, -0.15) is 0 Å². The van der Waals surface area contributed by atoms with Gasteiger partial charge in [-0.15, -0.1) is 11.3 Å². The van der Waals surface area contributed by atoms with Crippen LogP contribution in [0.25, 0.3) is 0 Å². The zero-order valence-corrected chi connectivity index (χ0v) is 21.9. The zero-order chi connectivity index (χ0) is 23.4. The minimum atomic E-state index is -2.71. The van der Waals surface area contributed by atoms with Gasteiger partial charge in [0.05, 0.1) is 18.7 Å². The summed E-state index contributed by atoms with van der Waals surface area (Å²) in [6.45, 7) is 6.84. The van der Waals surface area contributed by atoms with Crippen LogP contribution in [0, 0.1) is 0 Å². The average Bonchev–Trinajstić information content (AvgIpc) is 3.14. The van der Waals surface area contributed by atoms with E-state index in [1.165, 1.54) is 28.8 Å². The number of ether oxygens (including phenoxy) is 1. The topological polar surface area (TPSA) is 47.6 Å². The Labute approximate surface area is 204 Å². The number of nitrogens with one attached hydrogen (secondary N) is 1. The lowest BCUT2D eigenvalue weighted by molar-refractivity contribution is 0.0602. The molecule has 0 spiro atoms. The molecule has 0 saturated heterocycles. The molecule has 1 heterocycles. The second-order valence-corrected chi connectivity index (χ2v) is 14.4. The number of hydrogen-bond acceptors (Lipinski definition) is 5. The van der Waals surface area contributed by atoms with Crippen LogP contribution in [-0.2, 0) is 9.16 Å². The van der Waals surface area contributed by atoms with Crippen molar-refractivity contribution in [3.05, 3.63) is 76.6 Å². The number of thiocarbonyl (C=S) groups is 1. The maximum Gasteiger partial charge on any atom is 0.342 e. The number of rotatable bonds is 7. The van der Waals surface area contributed by atoms with E-state index >= 15 is 0 Å². The molecule has 3 aromatic rings. The van der Waals surface area contributed by atoms with E-state index in [4.69, 9.17) is 33.0 Å². The Morgan fingerprint density at radius 3 is 2.06 bits per heavy atom. The first kappa shape index (κ1) is 24.6. The quantitative estimate of drug-likeness (QED) is 0.262. The summed E-state index contributed by atoms with van der Waals surface area (Å²) in [7, 11) is -1.38. The maximum absolute atomic E-state index is 12.1. The van der Waals surface area contributed by atoms with E-state index in [2.05, 4.69) is 50.4 Å². The number of benzene rings is 2. The lowest BCUT2D eigenvalue weighted by atomic mass is 10.2. The number of anilines is 1. The van der Waals surface area contributed by atoms with Crippen LogP contribution in [0.1, 0.15) is 31.1 Å². The van der Waals surface area contributed by atoms with Crippen LogP contribution >= 0.6 is 35.2 Å². The minimum Gasteiger partial charge on any atom is -0.465 e. The fourth-order valence-corrected chi connectivity index (χ4v) is 9.86. The average molecular weight is 504 g/mol. The Morgan fingerprint density at radius 2 is 1.59 bits per heavy atom. The fraction of sp³-hybridized carbons (Fsp3) is 0.250. The van der Waals surface area contributed by atoms with Crippen molar-refractivity contribution >= 4 is 69.8 Å². The van der Waals surface area contributed by atoms with Crippen molar-refractivity contribution in [2.75, 3.05) is 19.0 Å². The highest BCUT2D eigenvalue weighted by Crippen LogP contribution is 2.37. The number of halogens is 1. The van der Waals surface area contributed by atoms with Crippen LogP contribution in [0.15, 0.2) is 66.0 Å². The van der Waals surface area contributed by atoms with Crippen LogP contribution in [0.4, 0.5) is 5.00 Å². The van der Waals surface area contributed by atoms with Gasteiger partial charge in [0.1, 0.15) is 15.6 Å². The molecule has 0 radical (unpaired) electrons. The molecule has 0 aliphatic rings. The highest BCUT2D eigenvalue weighted by atomic mass is 35.5. The Morgan fingerprint density at radius 1 is 1.06 bits per heavy atom. The predicted molar refractivity (Wildman–Crippen MR) is 140 cm³/mol. The molecule has 8 heteroatoms. The van der Waals surface area contributed by atoms with Crippen molar-refractivity contribution in [2.24, 2.45) is 0 Å². The molecular formula is C24H26ClNO3S2Si. The number of carbonyl (C=O) groups excluding carboxylic acids is 1. The first-order valence-corrected chi connectivity index (χ1v) is 13.7. The van der Waals surface area contributed by atoms with Crippen LogP contribution in [0.2, 0.25) is 10.1 Å². The first-order chi connectivity index (χ1) is 15.2. The van der Waals surface area contributed by atoms with Gasteiger partial charge < -0.3 is 14.5 Å². The molecule has 1 aromatic heterocycles. The first-order valence-electron chi connectivity index (χ1n) is 10.1. The second-order valence-electron chi connectivity index (χ2n) is 8.28. The van der Waals surface area contributed by atoms with Crippen molar-refractivity contribution in [3.8, 4) is 0 Å². The molecule has 0 saturated carbocycles. The molecule has 0 unspecified atom stereocenters. The summed E-state index contributed by atoms with van der Waals surface area (Å²) >= 11 is 13.1. The molecular weight excluding hydrogens is 478 g/mol. The molecule has 3 rings (SSSR count). The fourth-order valence-electron chi connectivity index (χ4n) is 3.82. The van der Waals surface area contributed by atoms with Crippen LogP contribution in [0.3, 0.4) is 0 Å². The summed E-state index contributed by atoms with van der Waals surface area (Å²) in [5.74, 6) is -0.505. The van der Waals surface area contributed by atoms with E-state index in [1.807, 2.05) is 36.4 Å². The van der Waals surface area contributed by atoms with Crippen molar-refractivity contribution in [1.82, 2.24) is 0 Å². The summed E-state index contributed by atoms with van der Waals surface area (Å²) < 4.78 is 11.7. The SMILES string of the molecule is COC(=O)c1c(Cl)csc1NC(=S)CO[Si](c1ccccc1)(c1ccccc1)C(C)(C)C. The third kappa shape index (κ3) is 4.97. The van der Waals surface area contributed by atoms with E-state index in [9.17, 15) is 4.79 Å². The summed E-state index contributed by atoms with van der Waals surface area (Å²) in [6, 6.07) is 20.7. The highest BCUT2D eigenvalue weighted by Gasteiger charge is 2.50. The lowest BCUT2D eigenvalue weighted by Crippen LogP contribution is -2.67. The maximum atomic E-state index is 12.1. The van der Waals surface area contributed by atoms with Gasteiger partial charge >= 0.3 is 5.97 Å². The number of methoxy groups -OCH3 is 1. The molecule has 0 amide bonds. The van der Waals surface area contributed by atoms with Crippen molar-refractivity contribution < 1.29 is 14.0 Å². The number of carbonyl (C=O) groups is 1. The van der Waals surface area contributed by atoms with Gasteiger partial charge in [0, 0.05) is 5.38 Å². The Balaban J connectivity index is 1.94. The van der Waals surface area contributed by atoms with Crippen molar-refractivity contribution in [2.45, 2.75) is 25.8 Å². The Kier molecular flexibility index (Phi) is 7.90. The molecule has 0 fully saturated rings. The Hall–Kier alpha value is -2.03. The zero-order valence-electron chi connectivity index (χ0n) is 18.5. The van der Waals surface area contributed by atoms with E-state index in [0.29, 0.717) is 15.0 Å². The van der Waals surface area contributed by atoms with E-state index in [-0.39, 0.29) is 17.2 Å². The molecule has 168 valence electrons. The Bertz CT molecular complexity index is 1040. The van der Waals surface area contributed by atoms with E-state index < -0.39 is 14.3 Å². The number of esters is 1. The summed E-state index contributed by atoms with van der Waals surface area (Å²) in [5.41, 5.74) is 0.284. The number of hydrogen-bond donors (Lipinski definition) is 1. The lowest BCUT2D eigenvalue weighted by Gasteiger charge is -2.43. The van der Waals surface area contributed by atoms with Crippen LogP contribution in [-0.4, -0.2) is 33.0 Å².